The standard InChI is InChI=1S/C11H23N3O/c1-3-4-10(12)11(15)13-7-8-14(2)9-5-6-9/h9-10H,3-8,12H2,1-2H3,(H,13,15)/t10-/m0/s1. The van der Waals surface area contributed by atoms with E-state index in [2.05, 4.69) is 17.3 Å². The summed E-state index contributed by atoms with van der Waals surface area (Å²) in [5.74, 6) is -0.0129. The van der Waals surface area contributed by atoms with E-state index < -0.39 is 0 Å². The molecule has 4 nitrogen and oxygen atoms in total. The zero-order valence-corrected chi connectivity index (χ0v) is 9.83. The van der Waals surface area contributed by atoms with Crippen molar-refractivity contribution in [3.8, 4) is 0 Å². The maximum Gasteiger partial charge on any atom is 0.236 e. The quantitative estimate of drug-likeness (QED) is 0.640. The summed E-state index contributed by atoms with van der Waals surface area (Å²) >= 11 is 0. The number of hydrogen-bond donors (Lipinski definition) is 2. The van der Waals surface area contributed by atoms with Gasteiger partial charge >= 0.3 is 0 Å². The van der Waals surface area contributed by atoms with Crippen molar-refractivity contribution in [1.29, 1.82) is 0 Å². The van der Waals surface area contributed by atoms with Gasteiger partial charge in [-0.25, -0.2) is 0 Å². The van der Waals surface area contributed by atoms with Crippen LogP contribution in [0.5, 0.6) is 0 Å². The van der Waals surface area contributed by atoms with Gasteiger partial charge in [-0.2, -0.15) is 0 Å². The maximum atomic E-state index is 11.4. The lowest BCUT2D eigenvalue weighted by atomic mass is 10.2. The van der Waals surface area contributed by atoms with E-state index in [4.69, 9.17) is 5.73 Å². The van der Waals surface area contributed by atoms with E-state index in [0.717, 1.165) is 25.4 Å². The number of likely N-dealkylation sites (N-methyl/N-ethyl adjacent to an activating group) is 1. The van der Waals surface area contributed by atoms with Gasteiger partial charge in [0.05, 0.1) is 6.04 Å². The Morgan fingerprint density at radius 2 is 2.27 bits per heavy atom. The van der Waals surface area contributed by atoms with E-state index in [1.807, 2.05) is 6.92 Å². The first kappa shape index (κ1) is 12.5. The van der Waals surface area contributed by atoms with E-state index in [1.165, 1.54) is 12.8 Å². The molecule has 3 N–H and O–H groups in total. The summed E-state index contributed by atoms with van der Waals surface area (Å²) in [5.41, 5.74) is 5.69. The fourth-order valence-corrected chi connectivity index (χ4v) is 1.63. The molecule has 1 aliphatic carbocycles. The summed E-state index contributed by atoms with van der Waals surface area (Å²) in [4.78, 5) is 13.7. The molecule has 0 unspecified atom stereocenters. The number of rotatable bonds is 7. The Balaban J connectivity index is 2.05. The summed E-state index contributed by atoms with van der Waals surface area (Å²) in [5, 5.41) is 2.88. The molecule has 0 aromatic heterocycles. The largest absolute Gasteiger partial charge is 0.353 e. The summed E-state index contributed by atoms with van der Waals surface area (Å²) in [6, 6.07) is 0.424. The molecular weight excluding hydrogens is 190 g/mol. The molecule has 1 fully saturated rings. The third-order valence-electron chi connectivity index (χ3n) is 2.87. The van der Waals surface area contributed by atoms with Crippen molar-refractivity contribution in [2.75, 3.05) is 20.1 Å². The fourth-order valence-electron chi connectivity index (χ4n) is 1.63. The molecule has 1 saturated carbocycles. The van der Waals surface area contributed by atoms with Crippen molar-refractivity contribution in [3.05, 3.63) is 0 Å². The van der Waals surface area contributed by atoms with E-state index in [9.17, 15) is 4.79 Å². The molecule has 0 saturated heterocycles. The topological polar surface area (TPSA) is 58.4 Å². The summed E-state index contributed by atoms with van der Waals surface area (Å²) < 4.78 is 0. The molecule has 0 aromatic carbocycles. The van der Waals surface area contributed by atoms with Crippen molar-refractivity contribution >= 4 is 5.91 Å². The molecule has 1 amide bonds. The molecule has 0 aliphatic heterocycles. The minimum atomic E-state index is -0.332. The van der Waals surface area contributed by atoms with Crippen LogP contribution in [0.25, 0.3) is 0 Å². The van der Waals surface area contributed by atoms with Gasteiger partial charge in [-0.15, -0.1) is 0 Å². The number of nitrogens with zero attached hydrogens (tertiary/aromatic N) is 1. The van der Waals surface area contributed by atoms with Crippen molar-refractivity contribution in [1.82, 2.24) is 10.2 Å². The van der Waals surface area contributed by atoms with Crippen molar-refractivity contribution in [2.45, 2.75) is 44.7 Å². The average Bonchev–Trinajstić information content (AvgIpc) is 3.00. The molecule has 0 spiro atoms. The second-order valence-corrected chi connectivity index (χ2v) is 4.40. The molecule has 0 aromatic rings. The molecule has 0 heterocycles. The second kappa shape index (κ2) is 6.08. The Morgan fingerprint density at radius 3 is 2.80 bits per heavy atom. The lowest BCUT2D eigenvalue weighted by Crippen LogP contribution is -2.43. The van der Waals surface area contributed by atoms with Crippen LogP contribution in [0.3, 0.4) is 0 Å². The molecule has 1 aliphatic rings. The van der Waals surface area contributed by atoms with Gasteiger partial charge < -0.3 is 16.0 Å². The van der Waals surface area contributed by atoms with Crippen LogP contribution in [0.2, 0.25) is 0 Å². The normalized spacial score (nSPS) is 17.9. The monoisotopic (exact) mass is 213 g/mol. The number of carbonyl (C=O) groups is 1. The first-order valence-electron chi connectivity index (χ1n) is 5.88. The van der Waals surface area contributed by atoms with Crippen LogP contribution in [-0.4, -0.2) is 43.0 Å². The van der Waals surface area contributed by atoms with Gasteiger partial charge in [-0.1, -0.05) is 13.3 Å². The highest BCUT2D eigenvalue weighted by atomic mass is 16.2. The zero-order chi connectivity index (χ0) is 11.3. The Bertz CT molecular complexity index is 204. The smallest absolute Gasteiger partial charge is 0.236 e. The minimum absolute atomic E-state index is 0.0129. The Hall–Kier alpha value is -0.610. The number of amides is 1. The van der Waals surface area contributed by atoms with Crippen molar-refractivity contribution in [2.24, 2.45) is 5.73 Å². The highest BCUT2D eigenvalue weighted by molar-refractivity contribution is 5.81. The van der Waals surface area contributed by atoms with E-state index >= 15 is 0 Å². The van der Waals surface area contributed by atoms with Crippen LogP contribution in [-0.2, 0) is 4.79 Å². The summed E-state index contributed by atoms with van der Waals surface area (Å²) in [7, 11) is 2.11. The number of nitrogens with two attached hydrogens (primary N) is 1. The van der Waals surface area contributed by atoms with Crippen LogP contribution in [0.4, 0.5) is 0 Å². The molecule has 0 bridgehead atoms. The highest BCUT2D eigenvalue weighted by Gasteiger charge is 2.25. The summed E-state index contributed by atoms with van der Waals surface area (Å²) in [6.07, 6.45) is 4.33. The van der Waals surface area contributed by atoms with E-state index in [0.29, 0.717) is 6.54 Å². The number of nitrogens with one attached hydrogen (secondary N) is 1. The molecule has 88 valence electrons. The predicted octanol–water partition coefficient (Wildman–Crippen LogP) is 0.324. The fraction of sp³-hybridized carbons (Fsp3) is 0.909. The lowest BCUT2D eigenvalue weighted by molar-refractivity contribution is -0.122. The first-order chi connectivity index (χ1) is 7.15. The molecule has 1 rings (SSSR count). The van der Waals surface area contributed by atoms with Crippen LogP contribution >= 0.6 is 0 Å². The molecule has 0 radical (unpaired) electrons. The van der Waals surface area contributed by atoms with Crippen LogP contribution in [0.15, 0.2) is 0 Å². The zero-order valence-electron chi connectivity index (χ0n) is 9.83. The van der Waals surface area contributed by atoms with Gasteiger partial charge in [0.1, 0.15) is 0 Å². The Kier molecular flexibility index (Phi) is 5.05. The van der Waals surface area contributed by atoms with Gasteiger partial charge in [-0.05, 0) is 26.3 Å². The van der Waals surface area contributed by atoms with E-state index in [-0.39, 0.29) is 11.9 Å². The molecule has 4 heteroatoms. The average molecular weight is 213 g/mol. The third kappa shape index (κ3) is 4.62. The number of hydrogen-bond acceptors (Lipinski definition) is 3. The van der Waals surface area contributed by atoms with E-state index in [1.54, 1.807) is 0 Å². The Morgan fingerprint density at radius 1 is 1.60 bits per heavy atom. The van der Waals surface area contributed by atoms with Gasteiger partial charge in [0, 0.05) is 19.1 Å². The van der Waals surface area contributed by atoms with Crippen LogP contribution in [0, 0.1) is 0 Å². The lowest BCUT2D eigenvalue weighted by Gasteiger charge is -2.17. The summed E-state index contributed by atoms with van der Waals surface area (Å²) in [6.45, 7) is 3.67. The highest BCUT2D eigenvalue weighted by Crippen LogP contribution is 2.24. The molecule has 1 atom stereocenters. The van der Waals surface area contributed by atoms with Crippen LogP contribution < -0.4 is 11.1 Å². The molecule has 15 heavy (non-hydrogen) atoms. The van der Waals surface area contributed by atoms with Gasteiger partial charge in [0.15, 0.2) is 0 Å². The predicted molar refractivity (Wildman–Crippen MR) is 61.5 cm³/mol. The SMILES string of the molecule is CCC[C@H](N)C(=O)NCCN(C)C1CC1. The van der Waals surface area contributed by atoms with Gasteiger partial charge in [0.25, 0.3) is 0 Å². The maximum absolute atomic E-state index is 11.4. The van der Waals surface area contributed by atoms with Crippen LogP contribution in [0.1, 0.15) is 32.6 Å². The van der Waals surface area contributed by atoms with Gasteiger partial charge in [0.2, 0.25) is 5.91 Å². The Labute approximate surface area is 92.2 Å². The number of carbonyl (C=O) groups excluding carboxylic acids is 1. The molecular formula is C11H23N3O. The van der Waals surface area contributed by atoms with Crippen molar-refractivity contribution in [3.63, 3.8) is 0 Å². The van der Waals surface area contributed by atoms with Crippen molar-refractivity contribution < 1.29 is 4.79 Å². The third-order valence-corrected chi connectivity index (χ3v) is 2.87. The minimum Gasteiger partial charge on any atom is -0.353 e. The second-order valence-electron chi connectivity index (χ2n) is 4.40. The first-order valence-corrected chi connectivity index (χ1v) is 5.88. The van der Waals surface area contributed by atoms with Gasteiger partial charge in [-0.3, -0.25) is 4.79 Å².